The zero-order valence-corrected chi connectivity index (χ0v) is 19.3. The average Bonchev–Trinajstić information content (AvgIpc) is 3.24. The van der Waals surface area contributed by atoms with Crippen LogP contribution in [-0.2, 0) is 6.54 Å². The summed E-state index contributed by atoms with van der Waals surface area (Å²) in [5, 5.41) is 11.2. The molecule has 2 aromatic rings. The second-order valence-corrected chi connectivity index (χ2v) is 11.6. The van der Waals surface area contributed by atoms with Crippen LogP contribution in [0.2, 0.25) is 0 Å². The molecule has 3 aliphatic carbocycles. The quantitative estimate of drug-likeness (QED) is 0.693. The zero-order valence-electron chi connectivity index (χ0n) is 19.3. The summed E-state index contributed by atoms with van der Waals surface area (Å²) in [4.78, 5) is 21.4. The molecule has 5 fully saturated rings. The molecular formula is C23H28F3N7O2. The summed E-state index contributed by atoms with van der Waals surface area (Å²) < 4.78 is 44.0. The van der Waals surface area contributed by atoms with Crippen LogP contribution in [0.5, 0.6) is 5.75 Å². The van der Waals surface area contributed by atoms with Gasteiger partial charge in [-0.2, -0.15) is 23.4 Å². The molecule has 2 saturated heterocycles. The summed E-state index contributed by atoms with van der Waals surface area (Å²) in [5.74, 6) is 3.34. The fourth-order valence-corrected chi connectivity index (χ4v) is 6.55. The van der Waals surface area contributed by atoms with Gasteiger partial charge in [-0.3, -0.25) is 9.78 Å². The highest BCUT2D eigenvalue weighted by Crippen LogP contribution is 2.56. The van der Waals surface area contributed by atoms with Gasteiger partial charge in [-0.25, -0.2) is 9.78 Å². The third-order valence-corrected chi connectivity index (χ3v) is 8.43. The topological polar surface area (TPSA) is 92.2 Å². The van der Waals surface area contributed by atoms with E-state index in [1.165, 1.54) is 25.2 Å². The number of halogens is 3. The Balaban J connectivity index is 0.832. The van der Waals surface area contributed by atoms with Crippen molar-refractivity contribution < 1.29 is 22.7 Å². The van der Waals surface area contributed by atoms with Crippen LogP contribution in [0.25, 0.3) is 0 Å². The molecule has 188 valence electrons. The Bertz CT molecular complexity index is 1130. The molecule has 35 heavy (non-hydrogen) atoms. The second kappa shape index (κ2) is 7.13. The van der Waals surface area contributed by atoms with E-state index in [2.05, 4.69) is 20.3 Å². The highest BCUT2D eigenvalue weighted by molar-refractivity contribution is 5.77. The van der Waals surface area contributed by atoms with Crippen LogP contribution in [0.15, 0.2) is 12.4 Å². The number of aromatic nitrogens is 5. The maximum Gasteiger partial charge on any atom is 0.408 e. The molecule has 2 aromatic heterocycles. The zero-order chi connectivity index (χ0) is 24.0. The molecule has 9 nitrogen and oxygen atoms in total. The standard InChI is InChI=1S/C23H28F3N7O2/c24-23(25,26)13-33-8-17(7-27-33)35-16-5-22(6-16)11-32(12-22)20(34)31-9-21(10-31)3-15(4-21)19-28-18(29-30-19)14-1-2-14/h7-8,14-16H,1-6,9-13H2,(H,28,29,30). The third-order valence-electron chi connectivity index (χ3n) is 8.43. The van der Waals surface area contributed by atoms with E-state index in [1.807, 2.05) is 9.80 Å². The van der Waals surface area contributed by atoms with Crippen LogP contribution in [-0.4, -0.2) is 79.3 Å². The maximum absolute atomic E-state index is 12.9. The molecule has 12 heteroatoms. The fourth-order valence-electron chi connectivity index (χ4n) is 6.55. The molecule has 2 spiro atoms. The number of rotatable bonds is 5. The molecule has 2 aliphatic heterocycles. The van der Waals surface area contributed by atoms with Crippen molar-refractivity contribution in [2.24, 2.45) is 10.8 Å². The third kappa shape index (κ3) is 3.85. The summed E-state index contributed by atoms with van der Waals surface area (Å²) in [5.41, 5.74) is 0.340. The van der Waals surface area contributed by atoms with Crippen LogP contribution in [0.4, 0.5) is 18.0 Å². The molecule has 0 atom stereocenters. The van der Waals surface area contributed by atoms with Gasteiger partial charge in [0.25, 0.3) is 0 Å². The number of hydrogen-bond donors (Lipinski definition) is 1. The Kier molecular flexibility index (Phi) is 4.38. The van der Waals surface area contributed by atoms with Gasteiger partial charge in [-0.15, -0.1) is 0 Å². The lowest BCUT2D eigenvalue weighted by molar-refractivity contribution is -0.142. The summed E-state index contributed by atoms with van der Waals surface area (Å²) in [6, 6.07) is 0.122. The number of carbonyl (C=O) groups excluding carboxylic acids is 1. The van der Waals surface area contributed by atoms with Gasteiger partial charge in [0.2, 0.25) is 0 Å². The van der Waals surface area contributed by atoms with E-state index >= 15 is 0 Å². The molecular weight excluding hydrogens is 463 g/mol. The molecule has 7 rings (SSSR count). The first kappa shape index (κ1) is 21.5. The van der Waals surface area contributed by atoms with Crippen LogP contribution < -0.4 is 4.74 Å². The van der Waals surface area contributed by atoms with Crippen molar-refractivity contribution in [1.29, 1.82) is 0 Å². The van der Waals surface area contributed by atoms with E-state index in [-0.39, 0.29) is 23.0 Å². The Hall–Kier alpha value is -2.79. The largest absolute Gasteiger partial charge is 0.487 e. The smallest absolute Gasteiger partial charge is 0.408 e. The minimum absolute atomic E-state index is 0.0361. The van der Waals surface area contributed by atoms with Crippen molar-refractivity contribution in [2.75, 3.05) is 26.2 Å². The average molecular weight is 492 g/mol. The lowest BCUT2D eigenvalue weighted by Gasteiger charge is -2.62. The summed E-state index contributed by atoms with van der Waals surface area (Å²) in [6.45, 7) is 1.97. The number of aromatic amines is 1. The van der Waals surface area contributed by atoms with E-state index in [0.717, 1.165) is 68.2 Å². The second-order valence-electron chi connectivity index (χ2n) is 11.6. The van der Waals surface area contributed by atoms with Crippen LogP contribution >= 0.6 is 0 Å². The van der Waals surface area contributed by atoms with Gasteiger partial charge in [-0.1, -0.05) is 0 Å². The molecule has 0 unspecified atom stereocenters. The first-order valence-corrected chi connectivity index (χ1v) is 12.4. The number of likely N-dealkylation sites (tertiary alicyclic amines) is 2. The predicted octanol–water partition coefficient (Wildman–Crippen LogP) is 3.28. The summed E-state index contributed by atoms with van der Waals surface area (Å²) in [6.07, 6.45) is 4.43. The maximum atomic E-state index is 12.9. The van der Waals surface area contributed by atoms with Gasteiger partial charge in [0.05, 0.1) is 12.4 Å². The molecule has 0 bridgehead atoms. The highest BCUT2D eigenvalue weighted by atomic mass is 19.4. The van der Waals surface area contributed by atoms with E-state index in [0.29, 0.717) is 17.6 Å². The molecule has 0 aromatic carbocycles. The number of nitrogens with zero attached hydrogens (tertiary/aromatic N) is 6. The lowest BCUT2D eigenvalue weighted by atomic mass is 9.57. The molecule has 1 N–H and O–H groups in total. The van der Waals surface area contributed by atoms with E-state index in [4.69, 9.17) is 4.74 Å². The van der Waals surface area contributed by atoms with Crippen LogP contribution in [0, 0.1) is 10.8 Å². The number of alkyl halides is 3. The Labute approximate surface area is 200 Å². The van der Waals surface area contributed by atoms with Gasteiger partial charge in [0.1, 0.15) is 18.5 Å². The SMILES string of the molecule is O=C(N1CC2(CC(Oc3cnn(CC(F)(F)F)c3)C2)C1)N1CC2(CC(c3n[nH]c(C4CC4)n3)C2)C1. The first-order chi connectivity index (χ1) is 16.7. The van der Waals surface area contributed by atoms with Gasteiger partial charge < -0.3 is 14.5 Å². The van der Waals surface area contributed by atoms with E-state index < -0.39 is 12.7 Å². The Morgan fingerprint density at radius 1 is 1.06 bits per heavy atom. The monoisotopic (exact) mass is 491 g/mol. The van der Waals surface area contributed by atoms with Crippen molar-refractivity contribution in [3.05, 3.63) is 24.0 Å². The number of ether oxygens (including phenoxy) is 1. The minimum atomic E-state index is -4.31. The number of H-pyrrole nitrogens is 1. The first-order valence-electron chi connectivity index (χ1n) is 12.4. The Morgan fingerprint density at radius 2 is 1.71 bits per heavy atom. The van der Waals surface area contributed by atoms with E-state index in [1.54, 1.807) is 0 Å². The fraction of sp³-hybridized carbons (Fsp3) is 0.739. The molecule has 4 heterocycles. The van der Waals surface area contributed by atoms with Gasteiger partial charge >= 0.3 is 12.2 Å². The van der Waals surface area contributed by atoms with Crippen molar-refractivity contribution in [3.63, 3.8) is 0 Å². The summed E-state index contributed by atoms with van der Waals surface area (Å²) in [7, 11) is 0. The Morgan fingerprint density at radius 3 is 2.34 bits per heavy atom. The number of carbonyl (C=O) groups is 1. The van der Waals surface area contributed by atoms with Gasteiger partial charge in [0.15, 0.2) is 11.6 Å². The number of amides is 2. The molecule has 5 aliphatic rings. The van der Waals surface area contributed by atoms with E-state index in [9.17, 15) is 18.0 Å². The molecule has 0 radical (unpaired) electrons. The number of hydrogen-bond acceptors (Lipinski definition) is 5. The van der Waals surface area contributed by atoms with Gasteiger partial charge in [0, 0.05) is 48.8 Å². The molecule has 2 amide bonds. The number of nitrogens with one attached hydrogen (secondary N) is 1. The number of urea groups is 1. The van der Waals surface area contributed by atoms with Gasteiger partial charge in [-0.05, 0) is 38.5 Å². The van der Waals surface area contributed by atoms with Crippen molar-refractivity contribution in [3.8, 4) is 5.75 Å². The lowest BCUT2D eigenvalue weighted by Crippen LogP contribution is -2.71. The van der Waals surface area contributed by atoms with Crippen molar-refractivity contribution in [1.82, 2.24) is 34.8 Å². The highest BCUT2D eigenvalue weighted by Gasteiger charge is 2.59. The van der Waals surface area contributed by atoms with Crippen molar-refractivity contribution >= 4 is 6.03 Å². The van der Waals surface area contributed by atoms with Crippen molar-refractivity contribution in [2.45, 2.75) is 69.2 Å². The van der Waals surface area contributed by atoms with Crippen LogP contribution in [0.3, 0.4) is 0 Å². The minimum Gasteiger partial charge on any atom is -0.487 e. The molecule has 3 saturated carbocycles. The van der Waals surface area contributed by atoms with Crippen LogP contribution in [0.1, 0.15) is 62.0 Å². The normalized spacial score (nSPS) is 25.2. The predicted molar refractivity (Wildman–Crippen MR) is 116 cm³/mol. The summed E-state index contributed by atoms with van der Waals surface area (Å²) >= 11 is 0.